The number of hydrogen-bond donors (Lipinski definition) is 0. The van der Waals surface area contributed by atoms with Crippen molar-refractivity contribution in [3.8, 4) is 33.6 Å². The first-order valence-electron chi connectivity index (χ1n) is 24.5. The van der Waals surface area contributed by atoms with Crippen LogP contribution in [0.1, 0.15) is 22.3 Å². The number of hydrogen-bond acceptors (Lipinski definition) is 2. The van der Waals surface area contributed by atoms with Crippen molar-refractivity contribution in [3.05, 3.63) is 271 Å². The standard InChI is InChI=1S/C67H41N3S/c1-2-16-42(17-3-1)69-61-27-13-7-21-50(61)52-34-30-45(40-63(52)69)68(43-32-36-60-55(38-43)49-20-6-12-26-59(49)67(60)57-24-10-4-18-47(57)48-19-5-11-25-58(48)67)46-31-35-53-51-22-8-14-28-62(51)70(64(53)41-46)44-33-37-66-56(39-44)54-23-9-15-29-65(54)71-66/h1-41H. The molecule has 330 valence electrons. The van der Waals surface area contributed by atoms with Crippen LogP contribution in [-0.2, 0) is 5.41 Å². The topological polar surface area (TPSA) is 13.1 Å². The van der Waals surface area contributed by atoms with Gasteiger partial charge in [0.25, 0.3) is 0 Å². The van der Waals surface area contributed by atoms with Gasteiger partial charge in [0, 0.05) is 70.2 Å². The molecule has 14 aromatic rings. The molecule has 0 saturated carbocycles. The molecule has 0 unspecified atom stereocenters. The van der Waals surface area contributed by atoms with Crippen LogP contribution in [0.15, 0.2) is 249 Å². The molecule has 11 aromatic carbocycles. The first kappa shape index (κ1) is 38.9. The van der Waals surface area contributed by atoms with E-state index in [1.807, 2.05) is 11.3 Å². The lowest BCUT2D eigenvalue weighted by atomic mass is 9.70. The minimum atomic E-state index is -0.424. The van der Waals surface area contributed by atoms with E-state index in [4.69, 9.17) is 0 Å². The Hall–Kier alpha value is -8.96. The van der Waals surface area contributed by atoms with Crippen LogP contribution >= 0.6 is 11.3 Å². The van der Waals surface area contributed by atoms with Crippen LogP contribution in [0.3, 0.4) is 0 Å². The van der Waals surface area contributed by atoms with Gasteiger partial charge in [0.1, 0.15) is 0 Å². The van der Waals surface area contributed by atoms with Crippen molar-refractivity contribution < 1.29 is 0 Å². The van der Waals surface area contributed by atoms with E-state index in [-0.39, 0.29) is 0 Å². The number of anilines is 3. The maximum atomic E-state index is 2.49. The van der Waals surface area contributed by atoms with Gasteiger partial charge in [-0.3, -0.25) is 0 Å². The number of rotatable bonds is 5. The predicted octanol–water partition coefficient (Wildman–Crippen LogP) is 18.1. The zero-order valence-electron chi connectivity index (χ0n) is 38.4. The highest BCUT2D eigenvalue weighted by molar-refractivity contribution is 7.25. The Labute approximate surface area is 414 Å². The monoisotopic (exact) mass is 919 g/mol. The first-order valence-corrected chi connectivity index (χ1v) is 25.3. The third-order valence-electron chi connectivity index (χ3n) is 15.7. The number of aromatic nitrogens is 2. The maximum Gasteiger partial charge on any atom is 0.0725 e. The van der Waals surface area contributed by atoms with Gasteiger partial charge in [0.05, 0.1) is 27.5 Å². The molecule has 16 rings (SSSR count). The van der Waals surface area contributed by atoms with Crippen molar-refractivity contribution >= 4 is 92.2 Å². The van der Waals surface area contributed by atoms with Gasteiger partial charge in [0.15, 0.2) is 0 Å². The molecule has 3 aromatic heterocycles. The molecule has 2 aliphatic carbocycles. The molecule has 3 heterocycles. The molecule has 3 nitrogen and oxygen atoms in total. The van der Waals surface area contributed by atoms with E-state index in [0.717, 1.165) is 39.5 Å². The van der Waals surface area contributed by atoms with Crippen LogP contribution in [0.25, 0.3) is 97.4 Å². The third kappa shape index (κ3) is 5.26. The summed E-state index contributed by atoms with van der Waals surface area (Å²) in [5.74, 6) is 0. The Kier molecular flexibility index (Phi) is 7.97. The van der Waals surface area contributed by atoms with E-state index in [9.17, 15) is 0 Å². The lowest BCUT2D eigenvalue weighted by Crippen LogP contribution is -2.25. The van der Waals surface area contributed by atoms with Crippen LogP contribution < -0.4 is 4.90 Å². The molecule has 2 aliphatic rings. The molecular weight excluding hydrogens is 879 g/mol. The zero-order valence-corrected chi connectivity index (χ0v) is 39.2. The number of fused-ring (bicyclic) bond motifs is 19. The van der Waals surface area contributed by atoms with E-state index in [0.29, 0.717) is 0 Å². The van der Waals surface area contributed by atoms with Gasteiger partial charge in [-0.05, 0) is 129 Å². The Bertz CT molecular complexity index is 4500. The molecule has 4 heteroatoms. The van der Waals surface area contributed by atoms with Crippen LogP contribution in [0.4, 0.5) is 17.1 Å². The number of thiophene rings is 1. The Morgan fingerprint density at radius 3 is 1.37 bits per heavy atom. The summed E-state index contributed by atoms with van der Waals surface area (Å²) in [5, 5.41) is 7.52. The number of benzene rings is 11. The van der Waals surface area contributed by atoms with Gasteiger partial charge < -0.3 is 14.0 Å². The van der Waals surface area contributed by atoms with Crippen molar-refractivity contribution in [2.24, 2.45) is 0 Å². The largest absolute Gasteiger partial charge is 0.310 e. The fraction of sp³-hybridized carbons (Fsp3) is 0.0149. The molecule has 0 atom stereocenters. The average Bonchev–Trinajstić information content (AvgIpc) is 4.22. The van der Waals surface area contributed by atoms with Crippen molar-refractivity contribution in [2.45, 2.75) is 5.41 Å². The Balaban J connectivity index is 0.970. The summed E-state index contributed by atoms with van der Waals surface area (Å²) in [5.41, 5.74) is 20.4. The fourth-order valence-electron chi connectivity index (χ4n) is 12.9. The lowest BCUT2D eigenvalue weighted by Gasteiger charge is -2.31. The molecule has 0 radical (unpaired) electrons. The molecule has 0 amide bonds. The SMILES string of the molecule is c1ccc(-n2c3ccccc3c3ccc(N(c4ccc5c(c4)-c4ccccc4C54c5ccccc5-c5ccccc54)c4ccc5c6ccccc6n(-c6ccc7sc8ccccc8c7c6)c5c4)cc32)cc1. The van der Waals surface area contributed by atoms with Gasteiger partial charge in [0.2, 0.25) is 0 Å². The second-order valence-corrected chi connectivity index (χ2v) is 20.3. The van der Waals surface area contributed by atoms with Crippen LogP contribution in [-0.4, -0.2) is 9.13 Å². The molecule has 71 heavy (non-hydrogen) atoms. The second kappa shape index (κ2) is 14.5. The van der Waals surface area contributed by atoms with E-state index in [1.165, 1.54) is 97.3 Å². The molecule has 0 saturated heterocycles. The highest BCUT2D eigenvalue weighted by atomic mass is 32.1. The number of nitrogens with zero attached hydrogens (tertiary/aromatic N) is 3. The second-order valence-electron chi connectivity index (χ2n) is 19.2. The van der Waals surface area contributed by atoms with Crippen molar-refractivity contribution in [3.63, 3.8) is 0 Å². The summed E-state index contributed by atoms with van der Waals surface area (Å²) < 4.78 is 7.52. The first-order chi connectivity index (χ1) is 35.2. The number of para-hydroxylation sites is 3. The summed E-state index contributed by atoms with van der Waals surface area (Å²) in [4.78, 5) is 2.49. The van der Waals surface area contributed by atoms with Gasteiger partial charge in [-0.15, -0.1) is 11.3 Å². The molecule has 1 spiro atoms. The van der Waals surface area contributed by atoms with Crippen molar-refractivity contribution in [1.29, 1.82) is 0 Å². The Morgan fingerprint density at radius 2 is 0.732 bits per heavy atom. The van der Waals surface area contributed by atoms with Gasteiger partial charge in [-0.2, -0.15) is 0 Å². The summed E-state index contributed by atoms with van der Waals surface area (Å²) in [6, 6.07) is 93.0. The predicted molar refractivity (Wildman–Crippen MR) is 299 cm³/mol. The summed E-state index contributed by atoms with van der Waals surface area (Å²) >= 11 is 1.86. The lowest BCUT2D eigenvalue weighted by molar-refractivity contribution is 0.794. The van der Waals surface area contributed by atoms with Gasteiger partial charge >= 0.3 is 0 Å². The zero-order chi connectivity index (χ0) is 46.4. The minimum absolute atomic E-state index is 0.424. The molecule has 0 bridgehead atoms. The van der Waals surface area contributed by atoms with E-state index >= 15 is 0 Å². The maximum absolute atomic E-state index is 2.49. The van der Waals surface area contributed by atoms with Crippen molar-refractivity contribution in [1.82, 2.24) is 9.13 Å². The minimum Gasteiger partial charge on any atom is -0.310 e. The summed E-state index contributed by atoms with van der Waals surface area (Å²) in [6.45, 7) is 0. The highest BCUT2D eigenvalue weighted by Gasteiger charge is 2.51. The molecule has 0 aliphatic heterocycles. The van der Waals surface area contributed by atoms with Gasteiger partial charge in [-0.25, -0.2) is 0 Å². The fourth-order valence-corrected chi connectivity index (χ4v) is 13.9. The van der Waals surface area contributed by atoms with E-state index < -0.39 is 5.41 Å². The van der Waals surface area contributed by atoms with Crippen LogP contribution in [0, 0.1) is 0 Å². The van der Waals surface area contributed by atoms with E-state index in [1.54, 1.807) is 0 Å². The van der Waals surface area contributed by atoms with Crippen LogP contribution in [0.5, 0.6) is 0 Å². The molecule has 0 fully saturated rings. The van der Waals surface area contributed by atoms with Crippen LogP contribution in [0.2, 0.25) is 0 Å². The smallest absolute Gasteiger partial charge is 0.0725 e. The van der Waals surface area contributed by atoms with Gasteiger partial charge in [-0.1, -0.05) is 164 Å². The average molecular weight is 920 g/mol. The summed E-state index contributed by atoms with van der Waals surface area (Å²) in [6.07, 6.45) is 0. The summed E-state index contributed by atoms with van der Waals surface area (Å²) in [7, 11) is 0. The third-order valence-corrected chi connectivity index (χ3v) is 16.9. The Morgan fingerprint density at radius 1 is 0.282 bits per heavy atom. The molecule has 0 N–H and O–H groups in total. The van der Waals surface area contributed by atoms with E-state index in [2.05, 4.69) is 263 Å². The quantitative estimate of drug-likeness (QED) is 0.168. The normalized spacial score (nSPS) is 13.2. The molecular formula is C67H41N3S. The highest BCUT2D eigenvalue weighted by Crippen LogP contribution is 2.63. The van der Waals surface area contributed by atoms with Crippen molar-refractivity contribution in [2.75, 3.05) is 4.90 Å².